The average molecular weight is 332 g/mol. The van der Waals surface area contributed by atoms with Crippen molar-refractivity contribution in [2.75, 3.05) is 37.7 Å². The Bertz CT molecular complexity index is 603. The minimum absolute atomic E-state index is 0.140. The summed E-state index contributed by atoms with van der Waals surface area (Å²) in [6, 6.07) is 2.03. The molecule has 1 aromatic heterocycles. The van der Waals surface area contributed by atoms with Crippen molar-refractivity contribution in [1.29, 1.82) is 0 Å². The van der Waals surface area contributed by atoms with Gasteiger partial charge < -0.3 is 14.5 Å². The van der Waals surface area contributed by atoms with Crippen LogP contribution in [0.3, 0.4) is 0 Å². The summed E-state index contributed by atoms with van der Waals surface area (Å²) in [6.07, 6.45) is 1.80. The topological polar surface area (TPSA) is 58.6 Å². The van der Waals surface area contributed by atoms with Gasteiger partial charge in [0.15, 0.2) is 0 Å². The van der Waals surface area contributed by atoms with E-state index in [-0.39, 0.29) is 5.91 Å². The number of ether oxygens (including phenoxy) is 1. The van der Waals surface area contributed by atoms with Crippen LogP contribution in [0.15, 0.2) is 6.07 Å². The first kappa shape index (κ1) is 17.1. The number of hydrogen-bond donors (Lipinski definition) is 0. The number of nitrogens with zero attached hydrogens (tertiary/aromatic N) is 4. The number of carbonyl (C=O) groups is 1. The van der Waals surface area contributed by atoms with Crippen LogP contribution < -0.4 is 4.90 Å². The van der Waals surface area contributed by atoms with Crippen LogP contribution in [0, 0.1) is 6.92 Å². The molecule has 0 unspecified atom stereocenters. The maximum atomic E-state index is 12.7. The zero-order valence-electron chi connectivity index (χ0n) is 15.2. The Morgan fingerprint density at radius 3 is 2.54 bits per heavy atom. The van der Waals surface area contributed by atoms with Gasteiger partial charge in [0, 0.05) is 50.5 Å². The fourth-order valence-corrected chi connectivity index (χ4v) is 3.42. The number of rotatable bonds is 3. The monoisotopic (exact) mass is 332 g/mol. The van der Waals surface area contributed by atoms with Gasteiger partial charge in [-0.2, -0.15) is 0 Å². The van der Waals surface area contributed by atoms with E-state index in [1.54, 1.807) is 0 Å². The standard InChI is InChI=1S/C18H28N4O2/c1-13(2)16-19-14(3)12-15(20-16)21-7-9-22(10-8-21)17(23)18(4)6-5-11-24-18/h12-13H,5-11H2,1-4H3/t18-/m0/s1. The molecular weight excluding hydrogens is 304 g/mol. The largest absolute Gasteiger partial charge is 0.365 e. The van der Waals surface area contributed by atoms with Crippen LogP contribution in [-0.4, -0.2) is 59.2 Å². The highest BCUT2D eigenvalue weighted by Crippen LogP contribution is 2.28. The molecule has 0 aliphatic carbocycles. The minimum Gasteiger partial charge on any atom is -0.365 e. The van der Waals surface area contributed by atoms with Gasteiger partial charge in [-0.3, -0.25) is 4.79 Å². The minimum atomic E-state index is -0.613. The van der Waals surface area contributed by atoms with Gasteiger partial charge in [0.25, 0.3) is 5.91 Å². The third-order valence-electron chi connectivity index (χ3n) is 4.94. The lowest BCUT2D eigenvalue weighted by atomic mass is 10.0. The highest BCUT2D eigenvalue weighted by atomic mass is 16.5. The fourth-order valence-electron chi connectivity index (χ4n) is 3.42. The van der Waals surface area contributed by atoms with Crippen LogP contribution in [0.2, 0.25) is 0 Å². The second-order valence-corrected chi connectivity index (χ2v) is 7.34. The van der Waals surface area contributed by atoms with E-state index in [9.17, 15) is 4.79 Å². The van der Waals surface area contributed by atoms with E-state index in [1.165, 1.54) is 0 Å². The first-order valence-electron chi connectivity index (χ1n) is 8.93. The van der Waals surface area contributed by atoms with Gasteiger partial charge in [0.1, 0.15) is 17.2 Å². The van der Waals surface area contributed by atoms with Crippen molar-refractivity contribution < 1.29 is 9.53 Å². The molecule has 2 aliphatic rings. The lowest BCUT2D eigenvalue weighted by molar-refractivity contribution is -0.151. The van der Waals surface area contributed by atoms with E-state index in [4.69, 9.17) is 9.72 Å². The molecular formula is C18H28N4O2. The molecule has 0 aromatic carbocycles. The van der Waals surface area contributed by atoms with Gasteiger partial charge in [0.05, 0.1) is 0 Å². The van der Waals surface area contributed by atoms with Gasteiger partial charge >= 0.3 is 0 Å². The maximum absolute atomic E-state index is 12.7. The average Bonchev–Trinajstić information content (AvgIpc) is 3.01. The number of anilines is 1. The number of piperazine rings is 1. The molecule has 6 heteroatoms. The van der Waals surface area contributed by atoms with Crippen LogP contribution in [0.1, 0.15) is 51.0 Å². The number of aromatic nitrogens is 2. The van der Waals surface area contributed by atoms with Crippen LogP contribution in [0.5, 0.6) is 0 Å². The molecule has 0 spiro atoms. The fraction of sp³-hybridized carbons (Fsp3) is 0.722. The summed E-state index contributed by atoms with van der Waals surface area (Å²) >= 11 is 0. The molecule has 1 atom stereocenters. The van der Waals surface area contributed by atoms with E-state index >= 15 is 0 Å². The third-order valence-corrected chi connectivity index (χ3v) is 4.94. The number of hydrogen-bond acceptors (Lipinski definition) is 5. The Labute approximate surface area is 144 Å². The zero-order valence-corrected chi connectivity index (χ0v) is 15.2. The van der Waals surface area contributed by atoms with Crippen molar-refractivity contribution in [3.8, 4) is 0 Å². The van der Waals surface area contributed by atoms with Crippen molar-refractivity contribution in [2.24, 2.45) is 0 Å². The Balaban J connectivity index is 1.66. The molecule has 3 rings (SSSR count). The molecule has 1 amide bonds. The molecule has 0 N–H and O–H groups in total. The second-order valence-electron chi connectivity index (χ2n) is 7.34. The third kappa shape index (κ3) is 3.38. The summed E-state index contributed by atoms with van der Waals surface area (Å²) in [7, 11) is 0. The van der Waals surface area contributed by atoms with Gasteiger partial charge in [-0.25, -0.2) is 9.97 Å². The smallest absolute Gasteiger partial charge is 0.254 e. The van der Waals surface area contributed by atoms with Crippen molar-refractivity contribution in [1.82, 2.24) is 14.9 Å². The van der Waals surface area contributed by atoms with Crippen LogP contribution in [0.4, 0.5) is 5.82 Å². The number of aryl methyl sites for hydroxylation is 1. The lowest BCUT2D eigenvalue weighted by Gasteiger charge is -2.38. The molecule has 2 saturated heterocycles. The summed E-state index contributed by atoms with van der Waals surface area (Å²) in [5.74, 6) is 2.31. The van der Waals surface area contributed by atoms with E-state index in [0.29, 0.717) is 12.5 Å². The maximum Gasteiger partial charge on any atom is 0.254 e. The van der Waals surface area contributed by atoms with E-state index < -0.39 is 5.60 Å². The summed E-state index contributed by atoms with van der Waals surface area (Å²) in [6.45, 7) is 11.9. The second kappa shape index (κ2) is 6.67. The summed E-state index contributed by atoms with van der Waals surface area (Å²) in [5, 5.41) is 0. The van der Waals surface area contributed by atoms with Crippen LogP contribution >= 0.6 is 0 Å². The van der Waals surface area contributed by atoms with E-state index in [1.807, 2.05) is 24.8 Å². The van der Waals surface area contributed by atoms with Crippen LogP contribution in [0.25, 0.3) is 0 Å². The van der Waals surface area contributed by atoms with Crippen molar-refractivity contribution >= 4 is 11.7 Å². The molecule has 0 saturated carbocycles. The summed E-state index contributed by atoms with van der Waals surface area (Å²) in [4.78, 5) is 26.1. The van der Waals surface area contributed by atoms with Gasteiger partial charge in [-0.05, 0) is 26.7 Å². The summed E-state index contributed by atoms with van der Waals surface area (Å²) in [5.41, 5.74) is 0.382. The molecule has 1 aromatic rings. The normalized spacial score (nSPS) is 24.7. The van der Waals surface area contributed by atoms with Crippen molar-refractivity contribution in [3.63, 3.8) is 0 Å². The summed E-state index contributed by atoms with van der Waals surface area (Å²) < 4.78 is 5.70. The molecule has 6 nitrogen and oxygen atoms in total. The molecule has 0 bridgehead atoms. The zero-order chi connectivity index (χ0) is 17.3. The number of amides is 1. The Morgan fingerprint density at radius 1 is 1.25 bits per heavy atom. The quantitative estimate of drug-likeness (QED) is 0.849. The Hall–Kier alpha value is -1.69. The molecule has 2 fully saturated rings. The molecule has 24 heavy (non-hydrogen) atoms. The predicted octanol–water partition coefficient (Wildman–Crippen LogP) is 2.13. The molecule has 2 aliphatic heterocycles. The van der Waals surface area contributed by atoms with Crippen LogP contribution in [-0.2, 0) is 9.53 Å². The van der Waals surface area contributed by atoms with Gasteiger partial charge in [0.2, 0.25) is 0 Å². The highest BCUT2D eigenvalue weighted by Gasteiger charge is 2.41. The van der Waals surface area contributed by atoms with Crippen molar-refractivity contribution in [2.45, 2.75) is 52.1 Å². The highest BCUT2D eigenvalue weighted by molar-refractivity contribution is 5.85. The first-order chi connectivity index (χ1) is 11.4. The molecule has 132 valence electrons. The van der Waals surface area contributed by atoms with Gasteiger partial charge in [-0.1, -0.05) is 13.8 Å². The Kier molecular flexibility index (Phi) is 4.76. The lowest BCUT2D eigenvalue weighted by Crippen LogP contribution is -2.55. The van der Waals surface area contributed by atoms with Gasteiger partial charge in [-0.15, -0.1) is 0 Å². The van der Waals surface area contributed by atoms with Crippen molar-refractivity contribution in [3.05, 3.63) is 17.6 Å². The van der Waals surface area contributed by atoms with E-state index in [0.717, 1.165) is 56.4 Å². The van der Waals surface area contributed by atoms with E-state index in [2.05, 4.69) is 23.7 Å². The number of carbonyl (C=O) groups excluding carboxylic acids is 1. The molecule has 3 heterocycles. The molecule has 0 radical (unpaired) electrons. The Morgan fingerprint density at radius 2 is 1.96 bits per heavy atom. The SMILES string of the molecule is Cc1cc(N2CCN(C(=O)[C@]3(C)CCCO3)CC2)nc(C(C)C)n1. The first-order valence-corrected chi connectivity index (χ1v) is 8.93. The predicted molar refractivity (Wildman–Crippen MR) is 93.2 cm³/mol.